The van der Waals surface area contributed by atoms with Gasteiger partial charge in [0.2, 0.25) is 5.91 Å². The number of aryl methyl sites for hydroxylation is 1. The van der Waals surface area contributed by atoms with Gasteiger partial charge in [0.25, 0.3) is 5.91 Å². The third-order valence-electron chi connectivity index (χ3n) is 3.29. The minimum Gasteiger partial charge on any atom is -0.494 e. The standard InChI is InChI=1S/C19H22N2O4/c1-3-24-16-10-6-15(7-11-16)21-18(22)12-20-19(23)13-25-17-8-4-14(2)5-9-17/h4-11H,3,12-13H2,1-2H3,(H,20,23)(H,21,22). The molecule has 0 bridgehead atoms. The topological polar surface area (TPSA) is 76.7 Å². The normalized spacial score (nSPS) is 10.0. The summed E-state index contributed by atoms with van der Waals surface area (Å²) in [5, 5.41) is 5.21. The lowest BCUT2D eigenvalue weighted by atomic mass is 10.2. The number of anilines is 1. The molecular formula is C19H22N2O4. The number of hydrogen-bond donors (Lipinski definition) is 2. The van der Waals surface area contributed by atoms with E-state index < -0.39 is 0 Å². The molecule has 132 valence electrons. The van der Waals surface area contributed by atoms with Gasteiger partial charge in [-0.15, -0.1) is 0 Å². The van der Waals surface area contributed by atoms with Gasteiger partial charge in [-0.05, 0) is 50.2 Å². The molecule has 0 spiro atoms. The maximum Gasteiger partial charge on any atom is 0.258 e. The van der Waals surface area contributed by atoms with E-state index in [1.165, 1.54) is 0 Å². The molecule has 2 aromatic rings. The van der Waals surface area contributed by atoms with Gasteiger partial charge in [-0.2, -0.15) is 0 Å². The summed E-state index contributed by atoms with van der Waals surface area (Å²) in [6.45, 7) is 4.20. The fraction of sp³-hybridized carbons (Fsp3) is 0.263. The number of carbonyl (C=O) groups is 2. The number of hydrogen-bond acceptors (Lipinski definition) is 4. The van der Waals surface area contributed by atoms with Crippen molar-refractivity contribution in [2.75, 3.05) is 25.1 Å². The first kappa shape index (κ1) is 18.3. The monoisotopic (exact) mass is 342 g/mol. The van der Waals surface area contributed by atoms with E-state index in [4.69, 9.17) is 9.47 Å². The second-order valence-electron chi connectivity index (χ2n) is 5.38. The molecule has 2 rings (SSSR count). The maximum atomic E-state index is 11.8. The highest BCUT2D eigenvalue weighted by atomic mass is 16.5. The Hall–Kier alpha value is -3.02. The fourth-order valence-electron chi connectivity index (χ4n) is 2.02. The van der Waals surface area contributed by atoms with E-state index in [-0.39, 0.29) is 25.0 Å². The lowest BCUT2D eigenvalue weighted by Crippen LogP contribution is -2.35. The number of ether oxygens (including phenoxy) is 2. The SMILES string of the molecule is CCOc1ccc(NC(=O)CNC(=O)COc2ccc(C)cc2)cc1. The number of carbonyl (C=O) groups excluding carboxylic acids is 2. The first-order valence-corrected chi connectivity index (χ1v) is 8.05. The molecule has 6 nitrogen and oxygen atoms in total. The summed E-state index contributed by atoms with van der Waals surface area (Å²) < 4.78 is 10.7. The molecule has 0 heterocycles. The minimum atomic E-state index is -0.359. The molecule has 2 aromatic carbocycles. The van der Waals surface area contributed by atoms with Crippen LogP contribution in [0.25, 0.3) is 0 Å². The molecule has 0 aliphatic carbocycles. The van der Waals surface area contributed by atoms with Gasteiger partial charge in [0, 0.05) is 5.69 Å². The van der Waals surface area contributed by atoms with Gasteiger partial charge in [-0.25, -0.2) is 0 Å². The number of benzene rings is 2. The van der Waals surface area contributed by atoms with E-state index in [9.17, 15) is 9.59 Å². The molecule has 0 radical (unpaired) electrons. The van der Waals surface area contributed by atoms with Crippen LogP contribution in [0.4, 0.5) is 5.69 Å². The Morgan fingerprint density at radius 3 is 2.12 bits per heavy atom. The average molecular weight is 342 g/mol. The molecule has 2 amide bonds. The summed E-state index contributed by atoms with van der Waals surface area (Å²) in [4.78, 5) is 23.6. The summed E-state index contributed by atoms with van der Waals surface area (Å²) in [6.07, 6.45) is 0. The Morgan fingerprint density at radius 1 is 0.880 bits per heavy atom. The van der Waals surface area contributed by atoms with Crippen LogP contribution < -0.4 is 20.1 Å². The van der Waals surface area contributed by atoms with E-state index in [1.54, 1.807) is 36.4 Å². The lowest BCUT2D eigenvalue weighted by Gasteiger charge is -2.09. The van der Waals surface area contributed by atoms with E-state index in [0.717, 1.165) is 11.3 Å². The quantitative estimate of drug-likeness (QED) is 0.773. The van der Waals surface area contributed by atoms with Gasteiger partial charge in [0.05, 0.1) is 13.2 Å². The first-order chi connectivity index (χ1) is 12.1. The predicted molar refractivity (Wildman–Crippen MR) is 95.9 cm³/mol. The molecule has 0 aliphatic heterocycles. The van der Waals surface area contributed by atoms with Crippen LogP contribution in [0.15, 0.2) is 48.5 Å². The number of amides is 2. The lowest BCUT2D eigenvalue weighted by molar-refractivity contribution is -0.125. The van der Waals surface area contributed by atoms with Crippen LogP contribution in [0.3, 0.4) is 0 Å². The first-order valence-electron chi connectivity index (χ1n) is 8.05. The predicted octanol–water partition coefficient (Wildman–Crippen LogP) is 2.53. The molecule has 25 heavy (non-hydrogen) atoms. The van der Waals surface area contributed by atoms with Crippen molar-refractivity contribution in [1.29, 1.82) is 0 Å². The summed E-state index contributed by atoms with van der Waals surface area (Å²) in [5.74, 6) is 0.678. The van der Waals surface area contributed by atoms with Crippen molar-refractivity contribution in [2.24, 2.45) is 0 Å². The Balaban J connectivity index is 1.69. The van der Waals surface area contributed by atoms with Crippen LogP contribution in [0.1, 0.15) is 12.5 Å². The molecule has 0 atom stereocenters. The van der Waals surface area contributed by atoms with Crippen LogP contribution in [0.2, 0.25) is 0 Å². The van der Waals surface area contributed by atoms with Crippen molar-refractivity contribution < 1.29 is 19.1 Å². The second kappa shape index (κ2) is 9.32. The van der Waals surface area contributed by atoms with Crippen molar-refractivity contribution in [2.45, 2.75) is 13.8 Å². The Morgan fingerprint density at radius 2 is 1.48 bits per heavy atom. The molecule has 2 N–H and O–H groups in total. The molecule has 0 saturated heterocycles. The minimum absolute atomic E-state index is 0.122. The van der Waals surface area contributed by atoms with Gasteiger partial charge in [-0.1, -0.05) is 17.7 Å². The molecule has 0 aromatic heterocycles. The average Bonchev–Trinajstić information content (AvgIpc) is 2.61. The molecule has 0 saturated carbocycles. The van der Waals surface area contributed by atoms with Crippen molar-refractivity contribution >= 4 is 17.5 Å². The van der Waals surface area contributed by atoms with Gasteiger partial charge >= 0.3 is 0 Å². The number of nitrogens with one attached hydrogen (secondary N) is 2. The Bertz CT molecular complexity index is 696. The molecule has 0 aliphatic rings. The van der Waals surface area contributed by atoms with Crippen LogP contribution >= 0.6 is 0 Å². The van der Waals surface area contributed by atoms with Crippen LogP contribution in [-0.4, -0.2) is 31.6 Å². The van der Waals surface area contributed by atoms with E-state index in [2.05, 4.69) is 10.6 Å². The summed E-state index contributed by atoms with van der Waals surface area (Å²) >= 11 is 0. The largest absolute Gasteiger partial charge is 0.494 e. The molecule has 6 heteroatoms. The van der Waals surface area contributed by atoms with Crippen molar-refractivity contribution in [3.8, 4) is 11.5 Å². The van der Waals surface area contributed by atoms with Gasteiger partial charge in [0.1, 0.15) is 11.5 Å². The highest BCUT2D eigenvalue weighted by molar-refractivity contribution is 5.94. The van der Waals surface area contributed by atoms with Crippen LogP contribution in [0.5, 0.6) is 11.5 Å². The molecule has 0 unspecified atom stereocenters. The summed E-state index contributed by atoms with van der Waals surface area (Å²) in [7, 11) is 0. The summed E-state index contributed by atoms with van der Waals surface area (Å²) in [5.41, 5.74) is 1.75. The number of rotatable bonds is 8. The zero-order chi connectivity index (χ0) is 18.1. The molecular weight excluding hydrogens is 320 g/mol. The molecule has 0 fully saturated rings. The second-order valence-corrected chi connectivity index (χ2v) is 5.38. The summed E-state index contributed by atoms with van der Waals surface area (Å²) in [6, 6.07) is 14.4. The van der Waals surface area contributed by atoms with Crippen LogP contribution in [0, 0.1) is 6.92 Å². The maximum absolute atomic E-state index is 11.8. The Kier molecular flexibility index (Phi) is 6.83. The highest BCUT2D eigenvalue weighted by Gasteiger charge is 2.07. The van der Waals surface area contributed by atoms with E-state index >= 15 is 0 Å². The van der Waals surface area contributed by atoms with Crippen molar-refractivity contribution in [1.82, 2.24) is 5.32 Å². The van der Waals surface area contributed by atoms with Gasteiger partial charge in [0.15, 0.2) is 6.61 Å². The van der Waals surface area contributed by atoms with E-state index in [0.29, 0.717) is 18.0 Å². The van der Waals surface area contributed by atoms with Crippen molar-refractivity contribution in [3.63, 3.8) is 0 Å². The van der Waals surface area contributed by atoms with E-state index in [1.807, 2.05) is 26.0 Å². The smallest absolute Gasteiger partial charge is 0.258 e. The third kappa shape index (κ3) is 6.55. The highest BCUT2D eigenvalue weighted by Crippen LogP contribution is 2.15. The third-order valence-corrected chi connectivity index (χ3v) is 3.29. The fourth-order valence-corrected chi connectivity index (χ4v) is 2.02. The van der Waals surface area contributed by atoms with Crippen LogP contribution in [-0.2, 0) is 9.59 Å². The zero-order valence-electron chi connectivity index (χ0n) is 14.4. The Labute approximate surface area is 147 Å². The van der Waals surface area contributed by atoms with Gasteiger partial charge in [-0.3, -0.25) is 9.59 Å². The van der Waals surface area contributed by atoms with Gasteiger partial charge < -0.3 is 20.1 Å². The zero-order valence-corrected chi connectivity index (χ0v) is 14.4. The van der Waals surface area contributed by atoms with Crippen molar-refractivity contribution in [3.05, 3.63) is 54.1 Å².